The number of hydrogen-bond acceptors (Lipinski definition) is 3. The van der Waals surface area contributed by atoms with E-state index < -0.39 is 7.32 Å². The van der Waals surface area contributed by atoms with Gasteiger partial charge in [0.05, 0.1) is 0 Å². The van der Waals surface area contributed by atoms with Gasteiger partial charge in [-0.05, 0) is 17.5 Å². The quantitative estimate of drug-likeness (QED) is 0.447. The van der Waals surface area contributed by atoms with Crippen molar-refractivity contribution in [2.24, 2.45) is 0 Å². The summed E-state index contributed by atoms with van der Waals surface area (Å²) in [5.74, 6) is 0. The minimum atomic E-state index is -2.17. The second-order valence-corrected chi connectivity index (χ2v) is 2.29. The molecule has 0 aliphatic heterocycles. The lowest BCUT2D eigenvalue weighted by molar-refractivity contribution is 0.278. The summed E-state index contributed by atoms with van der Waals surface area (Å²) >= 11 is 0. The zero-order valence-electron chi connectivity index (χ0n) is 5.94. The molecule has 4 heteroatoms. The molecule has 0 atom stereocenters. The summed E-state index contributed by atoms with van der Waals surface area (Å²) in [6.07, 6.45) is 1.24. The normalized spacial score (nSPS) is 10.8. The fourth-order valence-electron chi connectivity index (χ4n) is 0.836. The largest absolute Gasteiger partial charge is 0.631 e. The van der Waals surface area contributed by atoms with Crippen LogP contribution in [0.25, 0.3) is 0 Å². The molecule has 0 radical (unpaired) electrons. The second kappa shape index (κ2) is 3.53. The van der Waals surface area contributed by atoms with Crippen LogP contribution in [0.5, 0.6) is 0 Å². The standard InChI is InChI=1S/C7H6.BH3O3/c1-2-4-7-5-6(7)3-1;2-1(3)4/h1-4H,5H2;2-4H. The first kappa shape index (κ1) is 8.26. The van der Waals surface area contributed by atoms with Crippen LogP contribution in [-0.4, -0.2) is 22.4 Å². The van der Waals surface area contributed by atoms with Gasteiger partial charge < -0.3 is 15.1 Å². The second-order valence-electron chi connectivity index (χ2n) is 2.29. The summed E-state index contributed by atoms with van der Waals surface area (Å²) in [4.78, 5) is 0. The van der Waals surface area contributed by atoms with Gasteiger partial charge in [0.25, 0.3) is 0 Å². The Bertz CT molecular complexity index is 213. The van der Waals surface area contributed by atoms with E-state index in [0.717, 1.165) is 0 Å². The van der Waals surface area contributed by atoms with Crippen LogP contribution in [0.4, 0.5) is 0 Å². The molecular formula is C7H9BO3. The number of hydrogen-bond donors (Lipinski definition) is 3. The molecule has 0 unspecified atom stereocenters. The molecule has 0 spiro atoms. The fraction of sp³-hybridized carbons (Fsp3) is 0.143. The van der Waals surface area contributed by atoms with Gasteiger partial charge >= 0.3 is 7.32 Å². The summed E-state index contributed by atoms with van der Waals surface area (Å²) < 4.78 is 0. The molecule has 3 N–H and O–H groups in total. The van der Waals surface area contributed by atoms with Gasteiger partial charge in [-0.25, -0.2) is 0 Å². The maximum absolute atomic E-state index is 7.17. The van der Waals surface area contributed by atoms with Crippen molar-refractivity contribution < 1.29 is 15.1 Å². The molecule has 11 heavy (non-hydrogen) atoms. The molecule has 58 valence electrons. The summed E-state index contributed by atoms with van der Waals surface area (Å²) in [5.41, 5.74) is 3.06. The van der Waals surface area contributed by atoms with E-state index >= 15 is 0 Å². The van der Waals surface area contributed by atoms with Gasteiger partial charge in [0.2, 0.25) is 0 Å². The molecular weight excluding hydrogens is 143 g/mol. The van der Waals surface area contributed by atoms with Gasteiger partial charge in [0, 0.05) is 0 Å². The topological polar surface area (TPSA) is 60.7 Å². The Morgan fingerprint density at radius 2 is 1.36 bits per heavy atom. The van der Waals surface area contributed by atoms with E-state index in [4.69, 9.17) is 15.1 Å². The van der Waals surface area contributed by atoms with Crippen molar-refractivity contribution >= 4 is 7.32 Å². The van der Waals surface area contributed by atoms with Crippen molar-refractivity contribution in [3.63, 3.8) is 0 Å². The lowest BCUT2D eigenvalue weighted by Gasteiger charge is -1.69. The molecule has 1 aliphatic rings. The highest BCUT2D eigenvalue weighted by molar-refractivity contribution is 6.30. The molecule has 0 amide bonds. The summed E-state index contributed by atoms with van der Waals surface area (Å²) in [6, 6.07) is 8.53. The maximum atomic E-state index is 7.17. The molecule has 0 aromatic heterocycles. The van der Waals surface area contributed by atoms with E-state index in [1.54, 1.807) is 0 Å². The fourth-order valence-corrected chi connectivity index (χ4v) is 0.836. The maximum Gasteiger partial charge on any atom is 0.631 e. The average molecular weight is 152 g/mol. The van der Waals surface area contributed by atoms with Crippen LogP contribution in [-0.2, 0) is 6.42 Å². The number of benzene rings is 1. The molecule has 3 nitrogen and oxygen atoms in total. The molecule has 0 saturated heterocycles. The smallest absolute Gasteiger partial charge is 0.402 e. The van der Waals surface area contributed by atoms with Crippen LogP contribution in [0.15, 0.2) is 24.3 Å². The SMILES string of the molecule is OB(O)O.c1ccc2c(c1)C2. The highest BCUT2D eigenvalue weighted by Crippen LogP contribution is 2.25. The summed E-state index contributed by atoms with van der Waals surface area (Å²) in [7, 11) is -2.17. The summed E-state index contributed by atoms with van der Waals surface area (Å²) in [6.45, 7) is 0. The zero-order valence-corrected chi connectivity index (χ0v) is 5.94. The third kappa shape index (κ3) is 3.18. The van der Waals surface area contributed by atoms with E-state index in [-0.39, 0.29) is 0 Å². The molecule has 1 aromatic rings. The van der Waals surface area contributed by atoms with Crippen molar-refractivity contribution in [1.29, 1.82) is 0 Å². The zero-order chi connectivity index (χ0) is 8.27. The highest BCUT2D eigenvalue weighted by atomic mass is 16.5. The first-order chi connectivity index (χ1) is 5.20. The Labute approximate surface area is 65.1 Å². The van der Waals surface area contributed by atoms with Gasteiger partial charge in [-0.2, -0.15) is 0 Å². The van der Waals surface area contributed by atoms with E-state index in [9.17, 15) is 0 Å². The lowest BCUT2D eigenvalue weighted by Crippen LogP contribution is -2.07. The first-order valence-corrected chi connectivity index (χ1v) is 3.31. The average Bonchev–Trinajstić information content (AvgIpc) is 2.62. The van der Waals surface area contributed by atoms with Crippen LogP contribution in [0.2, 0.25) is 0 Å². The molecule has 1 aromatic carbocycles. The number of fused-ring (bicyclic) bond motifs is 1. The molecule has 0 bridgehead atoms. The number of rotatable bonds is 0. The van der Waals surface area contributed by atoms with E-state index in [1.807, 2.05) is 0 Å². The predicted molar refractivity (Wildman–Crippen MR) is 41.7 cm³/mol. The van der Waals surface area contributed by atoms with Crippen LogP contribution in [0.3, 0.4) is 0 Å². The van der Waals surface area contributed by atoms with Crippen LogP contribution in [0, 0.1) is 0 Å². The van der Waals surface area contributed by atoms with E-state index in [1.165, 1.54) is 17.5 Å². The molecule has 0 fully saturated rings. The van der Waals surface area contributed by atoms with Crippen molar-refractivity contribution in [2.75, 3.05) is 0 Å². The van der Waals surface area contributed by atoms with Crippen molar-refractivity contribution in [2.45, 2.75) is 6.42 Å². The Kier molecular flexibility index (Phi) is 2.65. The van der Waals surface area contributed by atoms with E-state index in [2.05, 4.69) is 24.3 Å². The van der Waals surface area contributed by atoms with Crippen LogP contribution in [0.1, 0.15) is 11.1 Å². The first-order valence-electron chi connectivity index (χ1n) is 3.31. The molecule has 1 aliphatic carbocycles. The van der Waals surface area contributed by atoms with Crippen LogP contribution >= 0.6 is 0 Å². The third-order valence-electron chi connectivity index (χ3n) is 1.37. The Morgan fingerprint density at radius 3 is 1.64 bits per heavy atom. The predicted octanol–water partition coefficient (Wildman–Crippen LogP) is -0.461. The van der Waals surface area contributed by atoms with Crippen molar-refractivity contribution in [1.82, 2.24) is 0 Å². The van der Waals surface area contributed by atoms with Gasteiger partial charge in [-0.1, -0.05) is 24.3 Å². The molecule has 2 rings (SSSR count). The Morgan fingerprint density at radius 1 is 1.00 bits per heavy atom. The molecule has 0 saturated carbocycles. The van der Waals surface area contributed by atoms with Gasteiger partial charge in [0.1, 0.15) is 0 Å². The van der Waals surface area contributed by atoms with Crippen LogP contribution < -0.4 is 0 Å². The Hall–Kier alpha value is -0.835. The molecule has 0 heterocycles. The Balaban J connectivity index is 0.000000134. The summed E-state index contributed by atoms with van der Waals surface area (Å²) in [5, 5.41) is 21.5. The van der Waals surface area contributed by atoms with Gasteiger partial charge in [-0.3, -0.25) is 0 Å². The monoisotopic (exact) mass is 152 g/mol. The van der Waals surface area contributed by atoms with Gasteiger partial charge in [-0.15, -0.1) is 0 Å². The minimum absolute atomic E-state index is 1.24. The van der Waals surface area contributed by atoms with Crippen molar-refractivity contribution in [3.05, 3.63) is 35.4 Å². The minimum Gasteiger partial charge on any atom is -0.402 e. The van der Waals surface area contributed by atoms with E-state index in [0.29, 0.717) is 0 Å². The van der Waals surface area contributed by atoms with Gasteiger partial charge in [0.15, 0.2) is 0 Å². The third-order valence-corrected chi connectivity index (χ3v) is 1.37. The lowest BCUT2D eigenvalue weighted by atomic mass is 10.3. The van der Waals surface area contributed by atoms with Crippen molar-refractivity contribution in [3.8, 4) is 0 Å². The highest BCUT2D eigenvalue weighted by Gasteiger charge is 2.12.